The minimum atomic E-state index is -1.22. The van der Waals surface area contributed by atoms with Crippen molar-refractivity contribution in [3.63, 3.8) is 0 Å². The Bertz CT molecular complexity index is 507. The maximum Gasteiger partial charge on any atom is 0.340 e. The van der Waals surface area contributed by atoms with E-state index in [0.717, 1.165) is 0 Å². The highest BCUT2D eigenvalue weighted by atomic mass is 19.1. The van der Waals surface area contributed by atoms with Crippen LogP contribution in [0.5, 0.6) is 0 Å². The molecule has 0 radical (unpaired) electrons. The number of carboxylic acids is 1. The zero-order chi connectivity index (χ0) is 14.2. The number of carbonyl (C=O) groups is 1. The molecular weight excluding hydrogens is 251 g/mol. The fourth-order valence-corrected chi connectivity index (χ4v) is 2.29. The summed E-state index contributed by atoms with van der Waals surface area (Å²) < 4.78 is 18.9. The first-order valence-electron chi connectivity index (χ1n) is 6.11. The molecule has 1 aliphatic rings. The maximum atomic E-state index is 13.4. The van der Waals surface area contributed by atoms with Crippen molar-refractivity contribution in [3.8, 4) is 0 Å². The molecule has 0 bridgehead atoms. The zero-order valence-electron chi connectivity index (χ0n) is 10.9. The van der Waals surface area contributed by atoms with E-state index < -0.39 is 11.8 Å². The molecule has 0 spiro atoms. The molecule has 0 aromatic heterocycles. The summed E-state index contributed by atoms with van der Waals surface area (Å²) in [6, 6.07) is 2.67. The summed E-state index contributed by atoms with van der Waals surface area (Å²) in [6.45, 7) is 4.88. The quantitative estimate of drug-likeness (QED) is 0.799. The number of rotatable bonds is 2. The number of nitrogens with two attached hydrogens (primary N) is 1. The predicted molar refractivity (Wildman–Crippen MR) is 70.0 cm³/mol. The summed E-state index contributed by atoms with van der Waals surface area (Å²) in [4.78, 5) is 13.2. The van der Waals surface area contributed by atoms with E-state index in [2.05, 4.69) is 0 Å². The molecule has 2 atom stereocenters. The molecule has 2 rings (SSSR count). The van der Waals surface area contributed by atoms with E-state index in [1.165, 1.54) is 12.1 Å². The van der Waals surface area contributed by atoms with Crippen molar-refractivity contribution in [3.05, 3.63) is 23.5 Å². The fraction of sp³-hybridized carbons (Fsp3) is 0.462. The number of halogens is 1. The van der Waals surface area contributed by atoms with E-state index in [1.54, 1.807) is 0 Å². The molecule has 2 unspecified atom stereocenters. The molecule has 1 heterocycles. The Hall–Kier alpha value is -1.82. The van der Waals surface area contributed by atoms with Gasteiger partial charge >= 0.3 is 5.97 Å². The van der Waals surface area contributed by atoms with E-state index in [-0.39, 0.29) is 23.4 Å². The van der Waals surface area contributed by atoms with Crippen LogP contribution in [0, 0.1) is 5.82 Å². The lowest BCUT2D eigenvalue weighted by Gasteiger charge is -2.39. The molecule has 3 N–H and O–H groups in total. The smallest absolute Gasteiger partial charge is 0.340 e. The number of hydrogen-bond donors (Lipinski definition) is 2. The lowest BCUT2D eigenvalue weighted by Crippen LogP contribution is -2.48. The first kappa shape index (κ1) is 13.6. The first-order valence-corrected chi connectivity index (χ1v) is 6.11. The van der Waals surface area contributed by atoms with Gasteiger partial charge in [-0.25, -0.2) is 9.18 Å². The maximum absolute atomic E-state index is 13.4. The highest BCUT2D eigenvalue weighted by Gasteiger charge is 2.28. The number of anilines is 2. The number of morpholine rings is 1. The van der Waals surface area contributed by atoms with Gasteiger partial charge in [0.25, 0.3) is 0 Å². The van der Waals surface area contributed by atoms with Crippen LogP contribution in [0.25, 0.3) is 0 Å². The SMILES string of the molecule is CC1CN(c2ccc(F)c(N)c2C(=O)O)C(C)CO1. The van der Waals surface area contributed by atoms with Crippen molar-refractivity contribution in [2.45, 2.75) is 26.0 Å². The van der Waals surface area contributed by atoms with Crippen molar-refractivity contribution >= 4 is 17.3 Å². The Morgan fingerprint density at radius 1 is 1.53 bits per heavy atom. The van der Waals surface area contributed by atoms with Crippen molar-refractivity contribution in [1.82, 2.24) is 0 Å². The van der Waals surface area contributed by atoms with Gasteiger partial charge in [-0.15, -0.1) is 0 Å². The van der Waals surface area contributed by atoms with E-state index in [0.29, 0.717) is 18.8 Å². The van der Waals surface area contributed by atoms with Gasteiger partial charge in [0.15, 0.2) is 0 Å². The van der Waals surface area contributed by atoms with Crippen LogP contribution in [0.4, 0.5) is 15.8 Å². The molecule has 1 saturated heterocycles. The largest absolute Gasteiger partial charge is 0.478 e. The molecule has 104 valence electrons. The summed E-state index contributed by atoms with van der Waals surface area (Å²) in [6.07, 6.45) is -0.0101. The van der Waals surface area contributed by atoms with Gasteiger partial charge in [-0.05, 0) is 26.0 Å². The van der Waals surface area contributed by atoms with Gasteiger partial charge < -0.3 is 20.5 Å². The summed E-state index contributed by atoms with van der Waals surface area (Å²) in [7, 11) is 0. The molecule has 1 aliphatic heterocycles. The van der Waals surface area contributed by atoms with Crippen LogP contribution in [0.1, 0.15) is 24.2 Å². The van der Waals surface area contributed by atoms with Gasteiger partial charge in [-0.2, -0.15) is 0 Å². The highest BCUT2D eigenvalue weighted by molar-refractivity contribution is 6.00. The van der Waals surface area contributed by atoms with Gasteiger partial charge in [-0.3, -0.25) is 0 Å². The lowest BCUT2D eigenvalue weighted by atomic mass is 10.1. The molecule has 0 aliphatic carbocycles. The molecule has 1 aromatic carbocycles. The predicted octanol–water partition coefficient (Wildman–Crippen LogP) is 1.72. The third-order valence-corrected chi connectivity index (χ3v) is 3.30. The third kappa shape index (κ3) is 2.49. The van der Waals surface area contributed by atoms with E-state index in [1.807, 2.05) is 18.7 Å². The average Bonchev–Trinajstić information content (AvgIpc) is 2.35. The Morgan fingerprint density at radius 2 is 2.21 bits per heavy atom. The molecule has 1 aromatic rings. The van der Waals surface area contributed by atoms with Crippen LogP contribution in [0.2, 0.25) is 0 Å². The van der Waals surface area contributed by atoms with Crippen LogP contribution in [0.15, 0.2) is 12.1 Å². The monoisotopic (exact) mass is 268 g/mol. The zero-order valence-corrected chi connectivity index (χ0v) is 10.9. The second-order valence-corrected chi connectivity index (χ2v) is 4.81. The second kappa shape index (κ2) is 5.05. The van der Waals surface area contributed by atoms with Gasteiger partial charge in [0.05, 0.1) is 24.1 Å². The summed E-state index contributed by atoms with van der Waals surface area (Å²) >= 11 is 0. The molecule has 5 nitrogen and oxygen atoms in total. The minimum absolute atomic E-state index is 0.0101. The van der Waals surface area contributed by atoms with Crippen LogP contribution in [0.3, 0.4) is 0 Å². The summed E-state index contributed by atoms with van der Waals surface area (Å²) in [5, 5.41) is 9.25. The van der Waals surface area contributed by atoms with Crippen LogP contribution in [-0.2, 0) is 4.74 Å². The van der Waals surface area contributed by atoms with Crippen LogP contribution in [-0.4, -0.2) is 36.4 Å². The number of aromatic carboxylic acids is 1. The second-order valence-electron chi connectivity index (χ2n) is 4.81. The van der Waals surface area contributed by atoms with Gasteiger partial charge in [-0.1, -0.05) is 0 Å². The Morgan fingerprint density at radius 3 is 2.84 bits per heavy atom. The van der Waals surface area contributed by atoms with Crippen LogP contribution < -0.4 is 10.6 Å². The van der Waals surface area contributed by atoms with E-state index in [9.17, 15) is 14.3 Å². The van der Waals surface area contributed by atoms with E-state index >= 15 is 0 Å². The molecule has 0 saturated carbocycles. The number of ether oxygens (including phenoxy) is 1. The Labute approximate surface area is 110 Å². The van der Waals surface area contributed by atoms with E-state index in [4.69, 9.17) is 10.5 Å². The number of nitrogens with zero attached hydrogens (tertiary/aromatic N) is 1. The number of benzene rings is 1. The van der Waals surface area contributed by atoms with Crippen molar-refractivity contribution in [2.75, 3.05) is 23.8 Å². The molecule has 6 heteroatoms. The molecule has 1 fully saturated rings. The molecule has 0 amide bonds. The summed E-state index contributed by atoms with van der Waals surface area (Å²) in [5.41, 5.74) is 5.49. The lowest BCUT2D eigenvalue weighted by molar-refractivity contribution is 0.0341. The third-order valence-electron chi connectivity index (χ3n) is 3.30. The number of nitrogen functional groups attached to an aromatic ring is 1. The Kier molecular flexibility index (Phi) is 3.61. The fourth-order valence-electron chi connectivity index (χ4n) is 2.29. The number of carboxylic acid groups (broad SMARTS) is 1. The molecule has 19 heavy (non-hydrogen) atoms. The summed E-state index contributed by atoms with van der Waals surface area (Å²) in [5.74, 6) is -1.94. The minimum Gasteiger partial charge on any atom is -0.478 e. The Balaban J connectivity index is 2.49. The van der Waals surface area contributed by atoms with Crippen molar-refractivity contribution < 1.29 is 19.0 Å². The van der Waals surface area contributed by atoms with Gasteiger partial charge in [0, 0.05) is 12.6 Å². The standard InChI is InChI=1S/C13H17FN2O3/c1-7-6-19-8(2)5-16(7)10-4-3-9(14)12(15)11(10)13(17)18/h3-4,7-8H,5-6,15H2,1-2H3,(H,17,18). The molecular formula is C13H17FN2O3. The average molecular weight is 268 g/mol. The van der Waals surface area contributed by atoms with Crippen molar-refractivity contribution in [2.24, 2.45) is 0 Å². The number of hydrogen-bond acceptors (Lipinski definition) is 4. The normalized spacial score (nSPS) is 23.4. The van der Waals surface area contributed by atoms with Crippen LogP contribution >= 0.6 is 0 Å². The highest BCUT2D eigenvalue weighted by Crippen LogP contribution is 2.31. The van der Waals surface area contributed by atoms with Crippen molar-refractivity contribution in [1.29, 1.82) is 0 Å². The first-order chi connectivity index (χ1) is 8.91. The van der Waals surface area contributed by atoms with Gasteiger partial charge in [0.2, 0.25) is 0 Å². The topological polar surface area (TPSA) is 75.8 Å². The van der Waals surface area contributed by atoms with Gasteiger partial charge in [0.1, 0.15) is 11.4 Å².